The monoisotopic (exact) mass is 377 g/mol. The van der Waals surface area contributed by atoms with Gasteiger partial charge in [0.2, 0.25) is 0 Å². The maximum atomic E-state index is 13.5. The first-order chi connectivity index (χ1) is 13.5. The van der Waals surface area contributed by atoms with Crippen molar-refractivity contribution in [1.82, 2.24) is 14.5 Å². The summed E-state index contributed by atoms with van der Waals surface area (Å²) < 4.78 is 12.7. The van der Waals surface area contributed by atoms with E-state index in [9.17, 15) is 4.79 Å². The van der Waals surface area contributed by atoms with Crippen molar-refractivity contribution in [3.8, 4) is 11.5 Å². The average molecular weight is 377 g/mol. The highest BCUT2D eigenvalue weighted by atomic mass is 16.5. The first kappa shape index (κ1) is 18.3. The van der Waals surface area contributed by atoms with Gasteiger partial charge in [-0.3, -0.25) is 9.78 Å². The Bertz CT molecular complexity index is 1240. The molecule has 0 fully saturated rings. The second kappa shape index (κ2) is 7.13. The van der Waals surface area contributed by atoms with Crippen LogP contribution in [-0.4, -0.2) is 49.3 Å². The van der Waals surface area contributed by atoms with Gasteiger partial charge in [-0.05, 0) is 32.3 Å². The maximum absolute atomic E-state index is 13.5. The van der Waals surface area contributed by atoms with Gasteiger partial charge in [-0.25, -0.2) is 0 Å². The number of pyridine rings is 2. The number of methoxy groups -OCH3 is 2. The molecule has 2 heterocycles. The highest BCUT2D eigenvalue weighted by Gasteiger charge is 2.17. The smallest absolute Gasteiger partial charge is 0.259 e. The fraction of sp³-hybridized carbons (Fsp3) is 0.273. The number of likely N-dealkylation sites (N-methyl/N-ethyl adjacent to an activating group) is 1. The molecule has 0 bridgehead atoms. The molecule has 0 saturated carbocycles. The summed E-state index contributed by atoms with van der Waals surface area (Å²) in [6, 6.07) is 11.5. The minimum absolute atomic E-state index is 0.0401. The minimum atomic E-state index is -0.0401. The van der Waals surface area contributed by atoms with Gasteiger partial charge in [0, 0.05) is 35.4 Å². The quantitative estimate of drug-likeness (QED) is 0.500. The summed E-state index contributed by atoms with van der Waals surface area (Å²) in [5, 5.41) is 3.30. The Labute approximate surface area is 162 Å². The van der Waals surface area contributed by atoms with E-state index in [1.165, 1.54) is 0 Å². The van der Waals surface area contributed by atoms with E-state index in [0.29, 0.717) is 23.4 Å². The average Bonchev–Trinajstić information content (AvgIpc) is 2.72. The Morgan fingerprint density at radius 1 is 0.964 bits per heavy atom. The van der Waals surface area contributed by atoms with Crippen molar-refractivity contribution in [1.29, 1.82) is 0 Å². The van der Waals surface area contributed by atoms with Crippen LogP contribution in [0, 0.1) is 0 Å². The minimum Gasteiger partial charge on any atom is -0.493 e. The molecule has 0 aliphatic carbocycles. The number of benzene rings is 2. The number of nitrogens with zero attached hydrogens (tertiary/aromatic N) is 3. The molecule has 0 unspecified atom stereocenters. The molecule has 0 N–H and O–H groups in total. The summed E-state index contributed by atoms with van der Waals surface area (Å²) in [6.45, 7) is 1.34. The third-order valence-electron chi connectivity index (χ3n) is 5.08. The van der Waals surface area contributed by atoms with E-state index in [4.69, 9.17) is 9.47 Å². The molecule has 2 aromatic carbocycles. The highest BCUT2D eigenvalue weighted by molar-refractivity contribution is 6.14. The summed E-state index contributed by atoms with van der Waals surface area (Å²) in [6.07, 6.45) is 1.84. The van der Waals surface area contributed by atoms with Gasteiger partial charge in [-0.1, -0.05) is 18.2 Å². The van der Waals surface area contributed by atoms with E-state index < -0.39 is 0 Å². The van der Waals surface area contributed by atoms with E-state index >= 15 is 0 Å². The molecule has 0 saturated heterocycles. The lowest BCUT2D eigenvalue weighted by Gasteiger charge is -2.18. The van der Waals surface area contributed by atoms with Gasteiger partial charge in [0.15, 0.2) is 11.5 Å². The van der Waals surface area contributed by atoms with Crippen LogP contribution in [0.2, 0.25) is 0 Å². The van der Waals surface area contributed by atoms with E-state index in [2.05, 4.69) is 9.88 Å². The van der Waals surface area contributed by atoms with E-state index in [1.54, 1.807) is 20.3 Å². The molecule has 6 nitrogen and oxygen atoms in total. The van der Waals surface area contributed by atoms with Crippen LogP contribution in [0.4, 0.5) is 0 Å². The second-order valence-corrected chi connectivity index (χ2v) is 7.05. The van der Waals surface area contributed by atoms with Gasteiger partial charge < -0.3 is 18.9 Å². The molecule has 2 aromatic heterocycles. The topological polar surface area (TPSA) is 56.6 Å². The summed E-state index contributed by atoms with van der Waals surface area (Å²) in [5.74, 6) is 1.13. The molecule has 28 heavy (non-hydrogen) atoms. The summed E-state index contributed by atoms with van der Waals surface area (Å²) >= 11 is 0. The number of rotatable bonds is 5. The Hall–Kier alpha value is -3.12. The van der Waals surface area contributed by atoms with Crippen LogP contribution in [0.25, 0.3) is 32.6 Å². The maximum Gasteiger partial charge on any atom is 0.259 e. The molecule has 4 rings (SSSR count). The van der Waals surface area contributed by atoms with Crippen molar-refractivity contribution in [3.63, 3.8) is 0 Å². The number of aromatic nitrogens is 2. The Kier molecular flexibility index (Phi) is 4.65. The summed E-state index contributed by atoms with van der Waals surface area (Å²) in [5.41, 5.74) is 1.73. The first-order valence-electron chi connectivity index (χ1n) is 9.16. The van der Waals surface area contributed by atoms with Gasteiger partial charge in [-0.2, -0.15) is 0 Å². The number of ether oxygens (including phenoxy) is 2. The third-order valence-corrected chi connectivity index (χ3v) is 5.08. The molecule has 6 heteroatoms. The number of hydrogen-bond donors (Lipinski definition) is 0. The number of para-hydroxylation sites is 1. The zero-order valence-electron chi connectivity index (χ0n) is 16.5. The molecule has 144 valence electrons. The summed E-state index contributed by atoms with van der Waals surface area (Å²) in [7, 11) is 7.17. The number of fused-ring (bicyclic) bond motifs is 5. The predicted molar refractivity (Wildman–Crippen MR) is 113 cm³/mol. The van der Waals surface area contributed by atoms with Crippen molar-refractivity contribution >= 4 is 32.6 Å². The SMILES string of the molecule is COc1cc2c(=O)n(CCN(C)C)c3c4ccccc4ncc3c2cc1OC. The van der Waals surface area contributed by atoms with Crippen LogP contribution in [-0.2, 0) is 6.54 Å². The Morgan fingerprint density at radius 3 is 2.32 bits per heavy atom. The van der Waals surface area contributed by atoms with Crippen molar-refractivity contribution in [3.05, 3.63) is 52.9 Å². The van der Waals surface area contributed by atoms with Gasteiger partial charge in [0.05, 0.1) is 30.6 Å². The van der Waals surface area contributed by atoms with Crippen LogP contribution >= 0.6 is 0 Å². The van der Waals surface area contributed by atoms with E-state index in [0.717, 1.165) is 33.7 Å². The van der Waals surface area contributed by atoms with Gasteiger partial charge in [-0.15, -0.1) is 0 Å². The molecule has 0 atom stereocenters. The van der Waals surface area contributed by atoms with Crippen LogP contribution < -0.4 is 15.0 Å². The molecule has 0 radical (unpaired) electrons. The van der Waals surface area contributed by atoms with Gasteiger partial charge in [0.1, 0.15) is 0 Å². The fourth-order valence-corrected chi connectivity index (χ4v) is 3.65. The molecular weight excluding hydrogens is 354 g/mol. The molecule has 0 aliphatic heterocycles. The first-order valence-corrected chi connectivity index (χ1v) is 9.16. The zero-order chi connectivity index (χ0) is 19.8. The Morgan fingerprint density at radius 2 is 1.64 bits per heavy atom. The van der Waals surface area contributed by atoms with Crippen molar-refractivity contribution in [2.24, 2.45) is 0 Å². The van der Waals surface area contributed by atoms with Crippen LogP contribution in [0.1, 0.15) is 0 Å². The zero-order valence-corrected chi connectivity index (χ0v) is 16.5. The Balaban J connectivity index is 2.20. The lowest BCUT2D eigenvalue weighted by molar-refractivity contribution is 0.356. The standard InChI is InChI=1S/C22H23N3O3/c1-24(2)9-10-25-21-14-7-5-6-8-18(14)23-13-17(21)15-11-19(27-3)20(28-4)12-16(15)22(25)26/h5-8,11-13H,9-10H2,1-4H3. The molecule has 0 spiro atoms. The molecule has 0 aliphatic rings. The van der Waals surface area contributed by atoms with Crippen LogP contribution in [0.3, 0.4) is 0 Å². The number of hydrogen-bond acceptors (Lipinski definition) is 5. The molecular formula is C22H23N3O3. The summed E-state index contributed by atoms with van der Waals surface area (Å²) in [4.78, 5) is 20.2. The van der Waals surface area contributed by atoms with E-state index in [1.807, 2.05) is 55.2 Å². The van der Waals surface area contributed by atoms with Crippen molar-refractivity contribution < 1.29 is 9.47 Å². The molecule has 0 amide bonds. The van der Waals surface area contributed by atoms with Gasteiger partial charge in [0.25, 0.3) is 5.56 Å². The van der Waals surface area contributed by atoms with Crippen LogP contribution in [0.15, 0.2) is 47.4 Å². The largest absolute Gasteiger partial charge is 0.493 e. The fourth-order valence-electron chi connectivity index (χ4n) is 3.65. The highest BCUT2D eigenvalue weighted by Crippen LogP contribution is 2.35. The third kappa shape index (κ3) is 2.86. The van der Waals surface area contributed by atoms with E-state index in [-0.39, 0.29) is 5.56 Å². The van der Waals surface area contributed by atoms with Crippen molar-refractivity contribution in [2.75, 3.05) is 34.9 Å². The lowest BCUT2D eigenvalue weighted by atomic mass is 10.0. The second-order valence-electron chi connectivity index (χ2n) is 7.05. The lowest BCUT2D eigenvalue weighted by Crippen LogP contribution is -2.27. The predicted octanol–water partition coefficient (Wildman–Crippen LogP) is 3.28. The normalized spacial score (nSPS) is 11.6. The van der Waals surface area contributed by atoms with Crippen molar-refractivity contribution in [2.45, 2.75) is 6.54 Å². The van der Waals surface area contributed by atoms with Crippen LogP contribution in [0.5, 0.6) is 11.5 Å². The van der Waals surface area contributed by atoms with Gasteiger partial charge >= 0.3 is 0 Å². The molecule has 4 aromatic rings.